The SMILES string of the molecule is N#Cc1ccccc1-c1cnc(C(=O)N[C@@H]2C[C@H]3CC[C@@H]2N3)s1. The quantitative estimate of drug-likeness (QED) is 0.908. The molecule has 0 radical (unpaired) electrons. The highest BCUT2D eigenvalue weighted by Crippen LogP contribution is 2.30. The Balaban J connectivity index is 1.51. The normalized spacial score (nSPS) is 25.3. The van der Waals surface area contributed by atoms with Crippen molar-refractivity contribution in [1.82, 2.24) is 15.6 Å². The first-order valence-corrected chi connectivity index (χ1v) is 8.58. The minimum absolute atomic E-state index is 0.116. The van der Waals surface area contributed by atoms with Crippen LogP contribution in [0.5, 0.6) is 0 Å². The molecule has 0 aliphatic carbocycles. The molecule has 0 unspecified atom stereocenters. The van der Waals surface area contributed by atoms with Gasteiger partial charge in [-0.05, 0) is 25.3 Å². The molecule has 2 bridgehead atoms. The van der Waals surface area contributed by atoms with E-state index in [1.54, 1.807) is 12.3 Å². The zero-order chi connectivity index (χ0) is 15.8. The first kappa shape index (κ1) is 14.4. The van der Waals surface area contributed by atoms with E-state index in [-0.39, 0.29) is 11.9 Å². The molecule has 23 heavy (non-hydrogen) atoms. The van der Waals surface area contributed by atoms with Crippen LogP contribution in [0.25, 0.3) is 10.4 Å². The molecule has 2 saturated heterocycles. The van der Waals surface area contributed by atoms with Crippen LogP contribution in [-0.4, -0.2) is 29.0 Å². The molecule has 5 nitrogen and oxygen atoms in total. The Morgan fingerprint density at radius 3 is 3.00 bits per heavy atom. The van der Waals surface area contributed by atoms with Crippen molar-refractivity contribution in [3.05, 3.63) is 41.0 Å². The molecule has 2 aromatic rings. The van der Waals surface area contributed by atoms with Crippen molar-refractivity contribution in [2.45, 2.75) is 37.4 Å². The Morgan fingerprint density at radius 2 is 2.26 bits per heavy atom. The molecule has 2 fully saturated rings. The first-order valence-electron chi connectivity index (χ1n) is 7.77. The zero-order valence-electron chi connectivity index (χ0n) is 12.5. The lowest BCUT2D eigenvalue weighted by atomic mass is 9.95. The van der Waals surface area contributed by atoms with E-state index in [1.807, 2.05) is 18.2 Å². The van der Waals surface area contributed by atoms with Crippen LogP contribution in [0, 0.1) is 11.3 Å². The van der Waals surface area contributed by atoms with Crippen molar-refractivity contribution in [2.24, 2.45) is 0 Å². The average Bonchev–Trinajstić information content (AvgIpc) is 3.31. The van der Waals surface area contributed by atoms with E-state index in [2.05, 4.69) is 21.7 Å². The zero-order valence-corrected chi connectivity index (χ0v) is 13.3. The van der Waals surface area contributed by atoms with E-state index in [1.165, 1.54) is 17.8 Å². The fourth-order valence-electron chi connectivity index (χ4n) is 3.51. The van der Waals surface area contributed by atoms with Gasteiger partial charge < -0.3 is 10.6 Å². The second-order valence-electron chi connectivity index (χ2n) is 6.05. The molecule has 1 amide bonds. The summed E-state index contributed by atoms with van der Waals surface area (Å²) in [4.78, 5) is 17.5. The number of nitriles is 1. The monoisotopic (exact) mass is 324 g/mol. The molecule has 0 saturated carbocycles. The fourth-order valence-corrected chi connectivity index (χ4v) is 4.37. The van der Waals surface area contributed by atoms with Gasteiger partial charge in [0.2, 0.25) is 0 Å². The number of aromatic nitrogens is 1. The maximum atomic E-state index is 12.4. The number of nitrogens with zero attached hydrogens (tertiary/aromatic N) is 2. The van der Waals surface area contributed by atoms with Gasteiger partial charge in [-0.3, -0.25) is 4.79 Å². The highest BCUT2D eigenvalue weighted by atomic mass is 32.1. The molecule has 6 heteroatoms. The second kappa shape index (κ2) is 5.76. The molecule has 3 atom stereocenters. The molecule has 2 aliphatic heterocycles. The van der Waals surface area contributed by atoms with E-state index >= 15 is 0 Å². The standard InChI is InChI=1S/C17H16N4OS/c18-8-10-3-1-2-4-12(10)15-9-19-17(23-15)16(22)21-14-7-11-5-6-13(14)20-11/h1-4,9,11,13-14,20H,5-7H2,(H,21,22)/t11-,13+,14-/m1/s1. The van der Waals surface area contributed by atoms with Gasteiger partial charge in [0.1, 0.15) is 0 Å². The van der Waals surface area contributed by atoms with E-state index in [4.69, 9.17) is 0 Å². The van der Waals surface area contributed by atoms with Gasteiger partial charge in [0.25, 0.3) is 5.91 Å². The van der Waals surface area contributed by atoms with Crippen LogP contribution in [0.1, 0.15) is 34.6 Å². The largest absolute Gasteiger partial charge is 0.346 e. The van der Waals surface area contributed by atoms with Crippen molar-refractivity contribution in [3.63, 3.8) is 0 Å². The first-order chi connectivity index (χ1) is 11.2. The number of fused-ring (bicyclic) bond motifs is 2. The Bertz CT molecular complexity index is 794. The van der Waals surface area contributed by atoms with Gasteiger partial charge in [-0.25, -0.2) is 4.98 Å². The lowest BCUT2D eigenvalue weighted by Gasteiger charge is -2.20. The van der Waals surface area contributed by atoms with Crippen LogP contribution in [-0.2, 0) is 0 Å². The summed E-state index contributed by atoms with van der Waals surface area (Å²) in [5, 5.41) is 16.3. The Kier molecular flexibility index (Phi) is 3.60. The maximum absolute atomic E-state index is 12.4. The number of hydrogen-bond donors (Lipinski definition) is 2. The second-order valence-corrected chi connectivity index (χ2v) is 7.08. The van der Waals surface area contributed by atoms with Crippen LogP contribution >= 0.6 is 11.3 Å². The molecule has 4 rings (SSSR count). The molecule has 0 spiro atoms. The Morgan fingerprint density at radius 1 is 1.39 bits per heavy atom. The number of benzene rings is 1. The molecule has 3 heterocycles. The van der Waals surface area contributed by atoms with E-state index < -0.39 is 0 Å². The average molecular weight is 324 g/mol. The Labute approximate surface area is 138 Å². The molecular formula is C17H16N4OS. The summed E-state index contributed by atoms with van der Waals surface area (Å²) >= 11 is 1.33. The number of carbonyl (C=O) groups is 1. The molecule has 2 N–H and O–H groups in total. The number of rotatable bonds is 3. The van der Waals surface area contributed by atoms with Gasteiger partial charge in [-0.15, -0.1) is 11.3 Å². The summed E-state index contributed by atoms with van der Waals surface area (Å²) in [5.41, 5.74) is 1.42. The third kappa shape index (κ3) is 2.62. The van der Waals surface area contributed by atoms with Crippen LogP contribution in [0.2, 0.25) is 0 Å². The summed E-state index contributed by atoms with van der Waals surface area (Å²) in [5.74, 6) is -0.116. The molecule has 1 aromatic heterocycles. The third-order valence-corrected chi connectivity index (χ3v) is 5.66. The van der Waals surface area contributed by atoms with Gasteiger partial charge in [-0.1, -0.05) is 18.2 Å². The lowest BCUT2D eigenvalue weighted by molar-refractivity contribution is 0.0930. The van der Waals surface area contributed by atoms with E-state index in [9.17, 15) is 10.1 Å². The van der Waals surface area contributed by atoms with Crippen LogP contribution in [0.3, 0.4) is 0 Å². The highest BCUT2D eigenvalue weighted by molar-refractivity contribution is 7.17. The summed E-state index contributed by atoms with van der Waals surface area (Å²) < 4.78 is 0. The predicted octanol–water partition coefficient (Wildman–Crippen LogP) is 2.30. The van der Waals surface area contributed by atoms with Crippen molar-refractivity contribution >= 4 is 17.2 Å². The van der Waals surface area contributed by atoms with Crippen LogP contribution in [0.15, 0.2) is 30.5 Å². The third-order valence-electron chi connectivity index (χ3n) is 4.63. The van der Waals surface area contributed by atoms with Gasteiger partial charge >= 0.3 is 0 Å². The summed E-state index contributed by atoms with van der Waals surface area (Å²) in [6.45, 7) is 0. The van der Waals surface area contributed by atoms with Crippen LogP contribution in [0.4, 0.5) is 0 Å². The fraction of sp³-hybridized carbons (Fsp3) is 0.353. The van der Waals surface area contributed by atoms with Gasteiger partial charge in [-0.2, -0.15) is 5.26 Å². The number of amides is 1. The molecule has 2 aliphatic rings. The summed E-state index contributed by atoms with van der Waals surface area (Å²) in [7, 11) is 0. The Hall–Kier alpha value is -2.23. The minimum Gasteiger partial charge on any atom is -0.346 e. The highest BCUT2D eigenvalue weighted by Gasteiger charge is 2.39. The number of carbonyl (C=O) groups excluding carboxylic acids is 1. The van der Waals surface area contributed by atoms with E-state index in [0.29, 0.717) is 22.7 Å². The summed E-state index contributed by atoms with van der Waals surface area (Å²) in [6, 6.07) is 10.7. The molecular weight excluding hydrogens is 308 g/mol. The number of nitrogens with one attached hydrogen (secondary N) is 2. The van der Waals surface area contributed by atoms with Crippen molar-refractivity contribution in [1.29, 1.82) is 5.26 Å². The molecule has 116 valence electrons. The summed E-state index contributed by atoms with van der Waals surface area (Å²) in [6.07, 6.45) is 5.03. The maximum Gasteiger partial charge on any atom is 0.280 e. The van der Waals surface area contributed by atoms with Gasteiger partial charge in [0, 0.05) is 29.9 Å². The topological polar surface area (TPSA) is 77.8 Å². The smallest absolute Gasteiger partial charge is 0.280 e. The van der Waals surface area contributed by atoms with Crippen molar-refractivity contribution < 1.29 is 4.79 Å². The van der Waals surface area contributed by atoms with Gasteiger partial charge in [0.15, 0.2) is 5.01 Å². The van der Waals surface area contributed by atoms with Crippen molar-refractivity contribution in [3.8, 4) is 16.5 Å². The number of hydrogen-bond acceptors (Lipinski definition) is 5. The van der Waals surface area contributed by atoms with Crippen molar-refractivity contribution in [2.75, 3.05) is 0 Å². The van der Waals surface area contributed by atoms with Crippen LogP contribution < -0.4 is 10.6 Å². The van der Waals surface area contributed by atoms with Gasteiger partial charge in [0.05, 0.1) is 16.5 Å². The lowest BCUT2D eigenvalue weighted by Crippen LogP contribution is -2.42. The molecule has 1 aromatic carbocycles. The number of thiazole rings is 1. The van der Waals surface area contributed by atoms with E-state index in [0.717, 1.165) is 23.3 Å². The minimum atomic E-state index is -0.116. The predicted molar refractivity (Wildman–Crippen MR) is 88.1 cm³/mol.